The molecule has 170 valence electrons. The molecular formula is C25H33N5O2. The molecule has 1 aliphatic rings. The van der Waals surface area contributed by atoms with Crippen LogP contribution < -0.4 is 20.5 Å². The minimum atomic E-state index is 0.119. The van der Waals surface area contributed by atoms with Crippen molar-refractivity contribution in [2.45, 2.75) is 32.7 Å². The van der Waals surface area contributed by atoms with Gasteiger partial charge >= 0.3 is 0 Å². The zero-order chi connectivity index (χ0) is 22.7. The lowest BCUT2D eigenvalue weighted by Crippen LogP contribution is -2.39. The van der Waals surface area contributed by atoms with E-state index in [0.717, 1.165) is 61.1 Å². The summed E-state index contributed by atoms with van der Waals surface area (Å²) in [6.07, 6.45) is 3.02. The van der Waals surface area contributed by atoms with Crippen molar-refractivity contribution in [3.05, 3.63) is 47.5 Å². The molecule has 1 fully saturated rings. The fourth-order valence-electron chi connectivity index (χ4n) is 4.71. The van der Waals surface area contributed by atoms with Crippen molar-refractivity contribution in [1.82, 2.24) is 14.9 Å². The van der Waals surface area contributed by atoms with Crippen molar-refractivity contribution < 1.29 is 9.47 Å². The molecule has 3 N–H and O–H groups in total. The molecule has 0 bridgehead atoms. The normalized spacial score (nSPS) is 16.1. The van der Waals surface area contributed by atoms with Gasteiger partial charge in [-0.25, -0.2) is 4.98 Å². The predicted molar refractivity (Wildman–Crippen MR) is 129 cm³/mol. The summed E-state index contributed by atoms with van der Waals surface area (Å²) in [6.45, 7) is 5.48. The van der Waals surface area contributed by atoms with Gasteiger partial charge in [-0.15, -0.1) is 0 Å². The first-order valence-electron chi connectivity index (χ1n) is 11.1. The summed E-state index contributed by atoms with van der Waals surface area (Å²) in [6, 6.07) is 12.6. The Morgan fingerprint density at radius 2 is 1.81 bits per heavy atom. The van der Waals surface area contributed by atoms with E-state index in [1.54, 1.807) is 21.3 Å². The lowest BCUT2D eigenvalue weighted by atomic mass is 9.74. The maximum Gasteiger partial charge on any atom is 0.224 e. The van der Waals surface area contributed by atoms with Gasteiger partial charge < -0.3 is 20.5 Å². The molecule has 2 heterocycles. The van der Waals surface area contributed by atoms with E-state index in [2.05, 4.69) is 57.4 Å². The molecule has 0 unspecified atom stereocenters. The number of aromatic nitrogens is 2. The molecule has 0 aliphatic carbocycles. The maximum atomic E-state index is 6.41. The first kappa shape index (κ1) is 22.1. The van der Waals surface area contributed by atoms with Gasteiger partial charge in [0, 0.05) is 30.6 Å². The molecule has 4 rings (SSSR count). The van der Waals surface area contributed by atoms with Crippen LogP contribution in [0.4, 0.5) is 11.8 Å². The molecule has 0 saturated carbocycles. The second-order valence-electron chi connectivity index (χ2n) is 8.92. The number of nitrogens with zero attached hydrogens (tertiary/aromatic N) is 3. The molecule has 7 nitrogen and oxygen atoms in total. The summed E-state index contributed by atoms with van der Waals surface area (Å²) < 4.78 is 11.5. The monoisotopic (exact) mass is 435 g/mol. The highest BCUT2D eigenvalue weighted by Crippen LogP contribution is 2.44. The van der Waals surface area contributed by atoms with E-state index >= 15 is 0 Å². The van der Waals surface area contributed by atoms with Crippen LogP contribution in [-0.4, -0.2) is 49.2 Å². The average Bonchev–Trinajstić information content (AvgIpc) is 2.80. The standard InChI is InChI=1S/C25H33N5O2/c1-25(10-12-30(13-11-25)16-17-8-6-5-7-9-17)15-18-21-19(14-20(31-3)22(18)32-4)28-24(27-2)29-23(21)26/h5-9,14H,10-13,15-16H2,1-4H3,(H3,26,27,28,29). The molecule has 32 heavy (non-hydrogen) atoms. The Kier molecular flexibility index (Phi) is 6.37. The first-order valence-corrected chi connectivity index (χ1v) is 11.1. The Labute approximate surface area is 189 Å². The summed E-state index contributed by atoms with van der Waals surface area (Å²) in [5.41, 5.74) is 9.68. The smallest absolute Gasteiger partial charge is 0.224 e. The van der Waals surface area contributed by atoms with Crippen LogP contribution in [0.1, 0.15) is 30.9 Å². The number of rotatable bonds is 7. The molecule has 0 radical (unpaired) electrons. The van der Waals surface area contributed by atoms with E-state index in [0.29, 0.717) is 17.5 Å². The summed E-state index contributed by atoms with van der Waals surface area (Å²) in [5.74, 6) is 2.34. The SMILES string of the molecule is CNc1nc(N)c2c(CC3(C)CCN(Cc4ccccc4)CC3)c(OC)c(OC)cc2n1. The Morgan fingerprint density at radius 1 is 1.09 bits per heavy atom. The Hall–Kier alpha value is -3.06. The maximum absolute atomic E-state index is 6.41. The van der Waals surface area contributed by atoms with E-state index in [9.17, 15) is 0 Å². The van der Waals surface area contributed by atoms with Gasteiger partial charge in [0.05, 0.1) is 19.7 Å². The molecule has 1 aromatic heterocycles. The van der Waals surface area contributed by atoms with Gasteiger partial charge in [-0.2, -0.15) is 4.98 Å². The van der Waals surface area contributed by atoms with Crippen molar-refractivity contribution in [1.29, 1.82) is 0 Å². The molecule has 1 aliphatic heterocycles. The fraction of sp³-hybridized carbons (Fsp3) is 0.440. The summed E-state index contributed by atoms with van der Waals surface area (Å²) in [4.78, 5) is 11.6. The third kappa shape index (κ3) is 4.43. The first-order chi connectivity index (χ1) is 15.5. The van der Waals surface area contributed by atoms with E-state index < -0.39 is 0 Å². The minimum Gasteiger partial charge on any atom is -0.493 e. The van der Waals surface area contributed by atoms with Crippen molar-refractivity contribution in [3.63, 3.8) is 0 Å². The average molecular weight is 436 g/mol. The number of nitrogens with two attached hydrogens (primary N) is 1. The van der Waals surface area contributed by atoms with Crippen LogP contribution >= 0.6 is 0 Å². The van der Waals surface area contributed by atoms with E-state index in [4.69, 9.17) is 15.2 Å². The Bertz CT molecular complexity index is 1080. The van der Waals surface area contributed by atoms with Gasteiger partial charge in [0.2, 0.25) is 5.95 Å². The van der Waals surface area contributed by atoms with Gasteiger partial charge in [-0.1, -0.05) is 37.3 Å². The lowest BCUT2D eigenvalue weighted by Gasteiger charge is -2.40. The summed E-state index contributed by atoms with van der Waals surface area (Å²) in [5, 5.41) is 3.84. The van der Waals surface area contributed by atoms with Crippen molar-refractivity contribution in [2.24, 2.45) is 5.41 Å². The number of hydrogen-bond donors (Lipinski definition) is 2. The second-order valence-corrected chi connectivity index (χ2v) is 8.92. The number of methoxy groups -OCH3 is 2. The van der Waals surface area contributed by atoms with Crippen LogP contribution in [0, 0.1) is 5.41 Å². The Balaban J connectivity index is 1.63. The molecule has 0 spiro atoms. The van der Waals surface area contributed by atoms with Gasteiger partial charge in [-0.3, -0.25) is 4.90 Å². The van der Waals surface area contributed by atoms with Crippen LogP contribution in [0.25, 0.3) is 10.9 Å². The number of benzene rings is 2. The molecule has 7 heteroatoms. The minimum absolute atomic E-state index is 0.119. The summed E-state index contributed by atoms with van der Waals surface area (Å²) in [7, 11) is 5.12. The number of nitrogen functional groups attached to an aromatic ring is 1. The van der Waals surface area contributed by atoms with Gasteiger partial charge in [0.1, 0.15) is 5.82 Å². The number of piperidine rings is 1. The third-order valence-electron chi connectivity index (χ3n) is 6.60. The van der Waals surface area contributed by atoms with E-state index in [1.807, 2.05) is 6.07 Å². The highest BCUT2D eigenvalue weighted by molar-refractivity contribution is 5.95. The highest BCUT2D eigenvalue weighted by atomic mass is 16.5. The van der Waals surface area contributed by atoms with Crippen LogP contribution in [0.5, 0.6) is 11.5 Å². The topological polar surface area (TPSA) is 85.5 Å². The molecule has 0 atom stereocenters. The number of hydrogen-bond acceptors (Lipinski definition) is 7. The van der Waals surface area contributed by atoms with Crippen LogP contribution in [-0.2, 0) is 13.0 Å². The van der Waals surface area contributed by atoms with E-state index in [1.165, 1.54) is 5.56 Å². The van der Waals surface area contributed by atoms with Gasteiger partial charge in [0.25, 0.3) is 0 Å². The largest absolute Gasteiger partial charge is 0.493 e. The zero-order valence-corrected chi connectivity index (χ0v) is 19.4. The number of fused-ring (bicyclic) bond motifs is 1. The van der Waals surface area contributed by atoms with Gasteiger partial charge in [-0.05, 0) is 43.3 Å². The zero-order valence-electron chi connectivity index (χ0n) is 19.4. The third-order valence-corrected chi connectivity index (χ3v) is 6.60. The Morgan fingerprint density at radius 3 is 2.44 bits per heavy atom. The molecule has 2 aromatic carbocycles. The number of nitrogens with one attached hydrogen (secondary N) is 1. The number of anilines is 2. The number of likely N-dealkylation sites (tertiary alicyclic amines) is 1. The number of ether oxygens (including phenoxy) is 2. The highest BCUT2D eigenvalue weighted by Gasteiger charge is 2.33. The summed E-state index contributed by atoms with van der Waals surface area (Å²) >= 11 is 0. The molecular weight excluding hydrogens is 402 g/mol. The van der Waals surface area contributed by atoms with Crippen molar-refractivity contribution >= 4 is 22.7 Å². The molecule has 3 aromatic rings. The van der Waals surface area contributed by atoms with Crippen molar-refractivity contribution in [2.75, 3.05) is 45.4 Å². The van der Waals surface area contributed by atoms with E-state index in [-0.39, 0.29) is 5.41 Å². The van der Waals surface area contributed by atoms with Crippen LogP contribution in [0.3, 0.4) is 0 Å². The lowest BCUT2D eigenvalue weighted by molar-refractivity contribution is 0.112. The second kappa shape index (κ2) is 9.20. The van der Waals surface area contributed by atoms with Gasteiger partial charge in [0.15, 0.2) is 11.5 Å². The fourth-order valence-corrected chi connectivity index (χ4v) is 4.71. The van der Waals surface area contributed by atoms with Crippen LogP contribution in [0.15, 0.2) is 36.4 Å². The molecule has 0 amide bonds. The van der Waals surface area contributed by atoms with Crippen molar-refractivity contribution in [3.8, 4) is 11.5 Å². The van der Waals surface area contributed by atoms with Crippen LogP contribution in [0.2, 0.25) is 0 Å². The quantitative estimate of drug-likeness (QED) is 0.577. The molecule has 1 saturated heterocycles. The predicted octanol–water partition coefficient (Wildman–Crippen LogP) is 4.12.